The molecule has 0 spiro atoms. The lowest BCUT2D eigenvalue weighted by Crippen LogP contribution is -2.15. The molecule has 1 N–H and O–H groups in total. The highest BCUT2D eigenvalue weighted by molar-refractivity contribution is 7.92. The molecule has 0 atom stereocenters. The number of rotatable bonds is 4. The lowest BCUT2D eigenvalue weighted by molar-refractivity contribution is -0.385. The Morgan fingerprint density at radius 3 is 2.17 bits per heavy atom. The minimum absolute atomic E-state index is 0.0677. The van der Waals surface area contributed by atoms with Gasteiger partial charge in [-0.05, 0) is 37.3 Å². The van der Waals surface area contributed by atoms with Crippen molar-refractivity contribution in [2.45, 2.75) is 18.0 Å². The lowest BCUT2D eigenvalue weighted by atomic mass is 10.2. The molecular weight excluding hydrogens is 349 g/mol. The van der Waals surface area contributed by atoms with E-state index in [2.05, 4.69) is 4.72 Å². The van der Waals surface area contributed by atoms with E-state index in [0.717, 1.165) is 30.3 Å². The van der Waals surface area contributed by atoms with E-state index in [1.807, 2.05) is 0 Å². The maximum atomic E-state index is 12.5. The highest BCUT2D eigenvalue weighted by Crippen LogP contribution is 2.31. The summed E-state index contributed by atoms with van der Waals surface area (Å²) in [7, 11) is -4.18. The van der Waals surface area contributed by atoms with E-state index < -0.39 is 26.7 Å². The van der Waals surface area contributed by atoms with Crippen molar-refractivity contribution in [1.29, 1.82) is 0 Å². The van der Waals surface area contributed by atoms with E-state index in [0.29, 0.717) is 0 Å². The number of alkyl halides is 3. The molecule has 2 rings (SSSR count). The molecule has 128 valence electrons. The number of halogens is 3. The summed E-state index contributed by atoms with van der Waals surface area (Å²) >= 11 is 0. The molecular formula is C14H11F3N2O4S. The molecule has 0 saturated heterocycles. The second-order valence-electron chi connectivity index (χ2n) is 4.84. The Labute approximate surface area is 135 Å². The summed E-state index contributed by atoms with van der Waals surface area (Å²) in [4.78, 5) is 9.84. The molecule has 0 aliphatic carbocycles. The standard InChI is InChI=1S/C14H11F3N2O4S/c1-9-12(19(20)21)3-2-4-13(9)24(22,23)18-11-7-5-10(6-8-11)14(15,16)17/h2-8,18H,1H3. The van der Waals surface area contributed by atoms with Gasteiger partial charge >= 0.3 is 6.18 Å². The summed E-state index contributed by atoms with van der Waals surface area (Å²) in [5.41, 5.74) is -1.45. The number of benzene rings is 2. The van der Waals surface area contributed by atoms with Crippen molar-refractivity contribution in [1.82, 2.24) is 0 Å². The van der Waals surface area contributed by atoms with Crippen LogP contribution in [0, 0.1) is 17.0 Å². The molecule has 0 unspecified atom stereocenters. The molecule has 10 heteroatoms. The van der Waals surface area contributed by atoms with E-state index in [4.69, 9.17) is 0 Å². The first-order valence-corrected chi connectivity index (χ1v) is 7.95. The molecule has 0 fully saturated rings. The van der Waals surface area contributed by atoms with E-state index in [-0.39, 0.29) is 21.8 Å². The van der Waals surface area contributed by atoms with Crippen LogP contribution in [0.1, 0.15) is 11.1 Å². The van der Waals surface area contributed by atoms with Crippen molar-refractivity contribution in [3.8, 4) is 0 Å². The normalized spacial score (nSPS) is 12.0. The van der Waals surface area contributed by atoms with Crippen LogP contribution in [-0.4, -0.2) is 13.3 Å². The van der Waals surface area contributed by atoms with Gasteiger partial charge in [0.05, 0.1) is 15.4 Å². The number of nitrogens with one attached hydrogen (secondary N) is 1. The van der Waals surface area contributed by atoms with Crippen LogP contribution in [0.15, 0.2) is 47.4 Å². The van der Waals surface area contributed by atoms with Gasteiger partial charge in [0, 0.05) is 17.3 Å². The van der Waals surface area contributed by atoms with Gasteiger partial charge < -0.3 is 0 Å². The highest BCUT2D eigenvalue weighted by Gasteiger charge is 2.30. The molecule has 0 aliphatic heterocycles. The first-order chi connectivity index (χ1) is 11.0. The Hall–Kier alpha value is -2.62. The molecule has 2 aromatic rings. The van der Waals surface area contributed by atoms with Gasteiger partial charge in [0.1, 0.15) is 0 Å². The van der Waals surface area contributed by atoms with Crippen LogP contribution in [0.25, 0.3) is 0 Å². The molecule has 0 aromatic heterocycles. The molecule has 0 bridgehead atoms. The molecule has 0 heterocycles. The fourth-order valence-electron chi connectivity index (χ4n) is 2.03. The SMILES string of the molecule is Cc1c([N+](=O)[O-])cccc1S(=O)(=O)Nc1ccc(C(F)(F)F)cc1. The molecule has 0 radical (unpaired) electrons. The van der Waals surface area contributed by atoms with Gasteiger partial charge in [0.2, 0.25) is 0 Å². The largest absolute Gasteiger partial charge is 0.416 e. The van der Waals surface area contributed by atoms with Gasteiger partial charge in [0.15, 0.2) is 0 Å². The van der Waals surface area contributed by atoms with Crippen LogP contribution in [0.5, 0.6) is 0 Å². The number of hydrogen-bond acceptors (Lipinski definition) is 4. The van der Waals surface area contributed by atoms with Gasteiger partial charge in [-0.15, -0.1) is 0 Å². The first kappa shape index (κ1) is 17.7. The number of nitro benzene ring substituents is 1. The quantitative estimate of drug-likeness (QED) is 0.665. The smallest absolute Gasteiger partial charge is 0.280 e. The summed E-state index contributed by atoms with van der Waals surface area (Å²) in [6.07, 6.45) is -4.53. The van der Waals surface area contributed by atoms with E-state index in [1.54, 1.807) is 0 Å². The van der Waals surface area contributed by atoms with Crippen molar-refractivity contribution < 1.29 is 26.5 Å². The Bertz CT molecular complexity index is 878. The molecule has 2 aromatic carbocycles. The fourth-order valence-corrected chi connectivity index (χ4v) is 3.35. The van der Waals surface area contributed by atoms with Crippen molar-refractivity contribution in [2.24, 2.45) is 0 Å². The average Bonchev–Trinajstić information content (AvgIpc) is 2.46. The number of hydrogen-bond donors (Lipinski definition) is 1. The van der Waals surface area contributed by atoms with Crippen molar-refractivity contribution in [2.75, 3.05) is 4.72 Å². The monoisotopic (exact) mass is 360 g/mol. The third-order valence-corrected chi connectivity index (χ3v) is 4.73. The summed E-state index contributed by atoms with van der Waals surface area (Å²) in [5, 5.41) is 10.9. The van der Waals surface area contributed by atoms with Gasteiger partial charge in [0.25, 0.3) is 15.7 Å². The summed E-state index contributed by atoms with van der Waals surface area (Å²) in [6.45, 7) is 1.28. The Morgan fingerprint density at radius 1 is 1.08 bits per heavy atom. The Kier molecular flexibility index (Phi) is 4.52. The minimum atomic E-state index is -4.53. The maximum absolute atomic E-state index is 12.5. The summed E-state index contributed by atoms with van der Waals surface area (Å²) in [5.74, 6) is 0. The minimum Gasteiger partial charge on any atom is -0.280 e. The third-order valence-electron chi connectivity index (χ3n) is 3.21. The van der Waals surface area contributed by atoms with Crippen LogP contribution < -0.4 is 4.72 Å². The second-order valence-corrected chi connectivity index (χ2v) is 6.49. The number of nitrogens with zero attached hydrogens (tertiary/aromatic N) is 1. The van der Waals surface area contributed by atoms with Crippen LogP contribution in [-0.2, 0) is 16.2 Å². The predicted octanol–water partition coefficient (Wildman–Crippen LogP) is 3.72. The van der Waals surface area contributed by atoms with Gasteiger partial charge in [-0.25, -0.2) is 8.42 Å². The summed E-state index contributed by atoms with van der Waals surface area (Å²) in [6, 6.07) is 6.95. The van der Waals surface area contributed by atoms with Crippen molar-refractivity contribution >= 4 is 21.4 Å². The van der Waals surface area contributed by atoms with E-state index >= 15 is 0 Å². The number of nitro groups is 1. The van der Waals surface area contributed by atoms with Crippen LogP contribution in [0.4, 0.5) is 24.5 Å². The van der Waals surface area contributed by atoms with Gasteiger partial charge in [-0.3, -0.25) is 14.8 Å². The van der Waals surface area contributed by atoms with Gasteiger partial charge in [-0.1, -0.05) is 6.07 Å². The third kappa shape index (κ3) is 3.65. The van der Waals surface area contributed by atoms with Crippen molar-refractivity contribution in [3.05, 3.63) is 63.7 Å². The summed E-state index contributed by atoms with van der Waals surface area (Å²) < 4.78 is 64.2. The predicted molar refractivity (Wildman–Crippen MR) is 80.1 cm³/mol. The van der Waals surface area contributed by atoms with Crippen LogP contribution in [0.3, 0.4) is 0 Å². The van der Waals surface area contributed by atoms with Gasteiger partial charge in [-0.2, -0.15) is 13.2 Å². The zero-order valence-electron chi connectivity index (χ0n) is 12.2. The zero-order chi connectivity index (χ0) is 18.1. The molecule has 0 aliphatic rings. The number of sulfonamides is 1. The highest BCUT2D eigenvalue weighted by atomic mass is 32.2. The average molecular weight is 360 g/mol. The Morgan fingerprint density at radius 2 is 1.67 bits per heavy atom. The van der Waals surface area contributed by atoms with E-state index in [1.165, 1.54) is 19.1 Å². The topological polar surface area (TPSA) is 89.3 Å². The van der Waals surface area contributed by atoms with E-state index in [9.17, 15) is 31.7 Å². The Balaban J connectivity index is 2.36. The van der Waals surface area contributed by atoms with Crippen molar-refractivity contribution in [3.63, 3.8) is 0 Å². The maximum Gasteiger partial charge on any atom is 0.416 e. The fraction of sp³-hybridized carbons (Fsp3) is 0.143. The number of anilines is 1. The molecule has 0 amide bonds. The second kappa shape index (κ2) is 6.11. The first-order valence-electron chi connectivity index (χ1n) is 6.46. The molecule has 6 nitrogen and oxygen atoms in total. The van der Waals surface area contributed by atoms with Crippen LogP contribution in [0.2, 0.25) is 0 Å². The lowest BCUT2D eigenvalue weighted by Gasteiger charge is -2.11. The zero-order valence-corrected chi connectivity index (χ0v) is 13.0. The molecule has 24 heavy (non-hydrogen) atoms. The molecule has 0 saturated carbocycles. The van der Waals surface area contributed by atoms with Crippen LogP contribution >= 0.6 is 0 Å².